The van der Waals surface area contributed by atoms with Gasteiger partial charge in [0.25, 0.3) is 5.91 Å². The van der Waals surface area contributed by atoms with Gasteiger partial charge in [0.05, 0.1) is 12.7 Å². The highest BCUT2D eigenvalue weighted by molar-refractivity contribution is 5.97. The quantitative estimate of drug-likeness (QED) is 0.721. The van der Waals surface area contributed by atoms with Crippen LogP contribution < -0.4 is 14.8 Å². The zero-order valence-corrected chi connectivity index (χ0v) is 17.1. The van der Waals surface area contributed by atoms with Crippen molar-refractivity contribution in [2.45, 2.75) is 58.4 Å². The average Bonchev–Trinajstić information content (AvgIpc) is 2.65. The van der Waals surface area contributed by atoms with Crippen LogP contribution >= 0.6 is 0 Å². The molecule has 0 heterocycles. The third-order valence-electron chi connectivity index (χ3n) is 7.31. The molecule has 152 valence electrons. The minimum absolute atomic E-state index is 0.0800. The molecule has 1 amide bonds. The molecule has 1 N–H and O–H groups in total. The van der Waals surface area contributed by atoms with Crippen LogP contribution in [0.4, 0.5) is 0 Å². The summed E-state index contributed by atoms with van der Waals surface area (Å²) in [4.78, 5) is 24.5. The van der Waals surface area contributed by atoms with Crippen LogP contribution in [0.15, 0.2) is 18.2 Å². The number of amides is 1. The van der Waals surface area contributed by atoms with Crippen molar-refractivity contribution in [3.63, 3.8) is 0 Å². The molecule has 4 bridgehead atoms. The van der Waals surface area contributed by atoms with Gasteiger partial charge in [0.15, 0.2) is 12.4 Å². The normalized spacial score (nSPS) is 31.3. The van der Waals surface area contributed by atoms with Gasteiger partial charge in [-0.1, -0.05) is 0 Å². The summed E-state index contributed by atoms with van der Waals surface area (Å²) in [5.74, 6) is 3.37. The molecule has 5 heteroatoms. The maximum atomic E-state index is 12.6. The molecule has 5 nitrogen and oxygen atoms in total. The lowest BCUT2D eigenvalue weighted by Crippen LogP contribution is -2.56. The molecule has 4 saturated carbocycles. The Morgan fingerprint density at radius 1 is 1.14 bits per heavy atom. The minimum Gasteiger partial charge on any atom is -0.497 e. The van der Waals surface area contributed by atoms with Crippen LogP contribution in [0.1, 0.15) is 62.7 Å². The highest BCUT2D eigenvalue weighted by Gasteiger charge is 2.53. The fourth-order valence-corrected chi connectivity index (χ4v) is 6.32. The fourth-order valence-electron chi connectivity index (χ4n) is 6.32. The number of hydrogen-bond acceptors (Lipinski definition) is 4. The van der Waals surface area contributed by atoms with Gasteiger partial charge in [-0.05, 0) is 93.7 Å². The van der Waals surface area contributed by atoms with Gasteiger partial charge in [0, 0.05) is 6.04 Å². The van der Waals surface area contributed by atoms with Gasteiger partial charge in [0.2, 0.25) is 0 Å². The molecule has 4 aliphatic carbocycles. The molecule has 1 aromatic carbocycles. The minimum atomic E-state index is -0.117. The van der Waals surface area contributed by atoms with Crippen molar-refractivity contribution < 1.29 is 19.1 Å². The lowest BCUT2D eigenvalue weighted by atomic mass is 9.48. The van der Waals surface area contributed by atoms with Crippen molar-refractivity contribution in [3.05, 3.63) is 23.8 Å². The number of rotatable bonds is 7. The summed E-state index contributed by atoms with van der Waals surface area (Å²) in [5.41, 5.74) is 0.705. The second kappa shape index (κ2) is 7.41. The molecule has 1 atom stereocenters. The molecule has 0 spiro atoms. The summed E-state index contributed by atoms with van der Waals surface area (Å²) in [6.45, 7) is 3.57. The molecule has 0 saturated heterocycles. The van der Waals surface area contributed by atoms with Gasteiger partial charge in [-0.15, -0.1) is 0 Å². The Bertz CT molecular complexity index is 737. The van der Waals surface area contributed by atoms with Crippen molar-refractivity contribution in [1.29, 1.82) is 0 Å². The van der Waals surface area contributed by atoms with Crippen molar-refractivity contribution >= 4 is 11.7 Å². The first-order valence-corrected chi connectivity index (χ1v) is 10.5. The maximum Gasteiger partial charge on any atom is 0.258 e. The van der Waals surface area contributed by atoms with Crippen LogP contribution in [0, 0.1) is 23.2 Å². The van der Waals surface area contributed by atoms with Gasteiger partial charge in [0.1, 0.15) is 11.5 Å². The van der Waals surface area contributed by atoms with Crippen LogP contribution in [0.25, 0.3) is 0 Å². The molecule has 0 radical (unpaired) electrons. The second-order valence-electron chi connectivity index (χ2n) is 9.28. The van der Waals surface area contributed by atoms with Crippen LogP contribution in [0.3, 0.4) is 0 Å². The Balaban J connectivity index is 1.37. The van der Waals surface area contributed by atoms with E-state index in [1.807, 2.05) is 0 Å². The zero-order valence-electron chi connectivity index (χ0n) is 17.1. The van der Waals surface area contributed by atoms with Crippen molar-refractivity contribution in [2.24, 2.45) is 23.2 Å². The summed E-state index contributed by atoms with van der Waals surface area (Å²) < 4.78 is 10.9. The number of ketones is 1. The van der Waals surface area contributed by atoms with Crippen molar-refractivity contribution in [1.82, 2.24) is 5.32 Å². The fraction of sp³-hybridized carbons (Fsp3) is 0.652. The largest absolute Gasteiger partial charge is 0.497 e. The van der Waals surface area contributed by atoms with E-state index in [0.29, 0.717) is 17.1 Å². The van der Waals surface area contributed by atoms with Crippen molar-refractivity contribution in [2.75, 3.05) is 13.7 Å². The summed E-state index contributed by atoms with van der Waals surface area (Å²) in [6.07, 6.45) is 7.97. The molecule has 1 unspecified atom stereocenters. The number of nitrogens with one attached hydrogen (secondary N) is 1. The monoisotopic (exact) mass is 385 g/mol. The lowest BCUT2D eigenvalue weighted by molar-refractivity contribution is -0.127. The first-order chi connectivity index (χ1) is 13.4. The van der Waals surface area contributed by atoms with E-state index in [4.69, 9.17) is 9.47 Å². The maximum absolute atomic E-state index is 12.6. The summed E-state index contributed by atoms with van der Waals surface area (Å²) in [5, 5.41) is 3.20. The average molecular weight is 386 g/mol. The summed E-state index contributed by atoms with van der Waals surface area (Å²) in [6, 6.07) is 5.23. The third kappa shape index (κ3) is 3.63. The Morgan fingerprint density at radius 3 is 2.29 bits per heavy atom. The van der Waals surface area contributed by atoms with Gasteiger partial charge >= 0.3 is 0 Å². The number of ether oxygens (including phenoxy) is 2. The molecule has 0 aliphatic heterocycles. The zero-order chi connectivity index (χ0) is 19.9. The van der Waals surface area contributed by atoms with Gasteiger partial charge in [-0.25, -0.2) is 0 Å². The van der Waals surface area contributed by atoms with E-state index in [-0.39, 0.29) is 29.8 Å². The number of benzene rings is 1. The molecule has 4 fully saturated rings. The Morgan fingerprint density at radius 2 is 1.75 bits per heavy atom. The molecular formula is C23H31NO4. The van der Waals surface area contributed by atoms with Gasteiger partial charge in [-0.3, -0.25) is 9.59 Å². The van der Waals surface area contributed by atoms with E-state index in [1.54, 1.807) is 25.3 Å². The molecule has 0 aromatic heterocycles. The Hall–Kier alpha value is -2.04. The number of methoxy groups -OCH3 is 1. The number of carbonyl (C=O) groups excluding carboxylic acids is 2. The van der Waals surface area contributed by atoms with E-state index >= 15 is 0 Å². The van der Waals surface area contributed by atoms with E-state index in [9.17, 15) is 9.59 Å². The van der Waals surface area contributed by atoms with Crippen LogP contribution in [0.2, 0.25) is 0 Å². The first-order valence-electron chi connectivity index (χ1n) is 10.5. The molecule has 28 heavy (non-hydrogen) atoms. The predicted molar refractivity (Wildman–Crippen MR) is 107 cm³/mol. The lowest BCUT2D eigenvalue weighted by Gasteiger charge is -2.59. The molecular weight excluding hydrogens is 354 g/mol. The summed E-state index contributed by atoms with van der Waals surface area (Å²) >= 11 is 0. The summed E-state index contributed by atoms with van der Waals surface area (Å²) in [7, 11) is 1.55. The van der Waals surface area contributed by atoms with E-state index in [1.165, 1.54) is 45.4 Å². The smallest absolute Gasteiger partial charge is 0.258 e. The Labute approximate surface area is 167 Å². The highest BCUT2D eigenvalue weighted by atomic mass is 16.5. The Kier molecular flexibility index (Phi) is 5.11. The standard InChI is InChI=1S/C23H31NO4/c1-14(25)20-9-19(27-3)4-5-21(20)28-13-22(26)24-15(2)23-10-16-6-17(11-23)8-18(7-16)12-23/h4-5,9,15-18H,6-8,10-13H2,1-3H3,(H,24,26). The SMILES string of the molecule is COc1ccc(OCC(=O)NC(C)C23CC4CC(CC(C4)C2)C3)c(C(C)=O)c1. The number of hydrogen-bond donors (Lipinski definition) is 1. The highest BCUT2D eigenvalue weighted by Crippen LogP contribution is 2.61. The second-order valence-corrected chi connectivity index (χ2v) is 9.28. The van der Waals surface area contributed by atoms with Gasteiger partial charge in [-0.2, -0.15) is 0 Å². The van der Waals surface area contributed by atoms with E-state index < -0.39 is 0 Å². The topological polar surface area (TPSA) is 64.6 Å². The first kappa shape index (κ1) is 19.3. The van der Waals surface area contributed by atoms with Crippen LogP contribution in [-0.4, -0.2) is 31.4 Å². The molecule has 5 rings (SSSR count). The number of Topliss-reactive ketones (excluding diaryl/α,β-unsaturated/α-hetero) is 1. The third-order valence-corrected chi connectivity index (χ3v) is 7.31. The van der Waals surface area contributed by atoms with E-state index in [0.717, 1.165) is 17.8 Å². The van der Waals surface area contributed by atoms with Gasteiger partial charge < -0.3 is 14.8 Å². The molecule has 1 aromatic rings. The molecule has 4 aliphatic rings. The number of carbonyl (C=O) groups is 2. The van der Waals surface area contributed by atoms with Crippen LogP contribution in [0.5, 0.6) is 11.5 Å². The van der Waals surface area contributed by atoms with Crippen molar-refractivity contribution in [3.8, 4) is 11.5 Å². The predicted octanol–water partition coefficient (Wildman–Crippen LogP) is 4.00. The van der Waals surface area contributed by atoms with E-state index in [2.05, 4.69) is 12.2 Å². The van der Waals surface area contributed by atoms with Crippen LogP contribution in [-0.2, 0) is 4.79 Å².